The van der Waals surface area contributed by atoms with Crippen molar-refractivity contribution in [1.29, 1.82) is 0 Å². The molecule has 0 amide bonds. The van der Waals surface area contributed by atoms with E-state index in [1.165, 1.54) is 5.39 Å². The lowest BCUT2D eigenvalue weighted by Gasteiger charge is -2.10. The maximum absolute atomic E-state index is 4.60. The minimum atomic E-state index is 0.188. The number of aromatic nitrogens is 2. The number of nitrogens with one attached hydrogen (secondary N) is 1. The summed E-state index contributed by atoms with van der Waals surface area (Å²) in [7, 11) is 3.93. The molecular formula is C14H17N3. The fraction of sp³-hybridized carbons (Fsp3) is 0.357. The molecule has 0 saturated heterocycles. The van der Waals surface area contributed by atoms with Gasteiger partial charge in [-0.3, -0.25) is 4.68 Å². The minimum absolute atomic E-state index is 0.188. The van der Waals surface area contributed by atoms with E-state index in [1.807, 2.05) is 37.8 Å². The van der Waals surface area contributed by atoms with Gasteiger partial charge in [0.15, 0.2) is 0 Å². The lowest BCUT2D eigenvalue weighted by Crippen LogP contribution is -2.16. The van der Waals surface area contributed by atoms with Crippen molar-refractivity contribution in [3.63, 3.8) is 0 Å². The van der Waals surface area contributed by atoms with Crippen molar-refractivity contribution in [3.05, 3.63) is 30.0 Å². The van der Waals surface area contributed by atoms with E-state index in [0.717, 1.165) is 17.6 Å². The first kappa shape index (κ1) is 11.7. The van der Waals surface area contributed by atoms with Gasteiger partial charge in [0.05, 0.1) is 17.3 Å². The molecular weight excluding hydrogens is 210 g/mol. The topological polar surface area (TPSA) is 29.9 Å². The smallest absolute Gasteiger partial charge is 0.0882 e. The molecule has 1 aromatic carbocycles. The average Bonchev–Trinajstić information content (AvgIpc) is 2.69. The van der Waals surface area contributed by atoms with E-state index in [2.05, 4.69) is 34.4 Å². The van der Waals surface area contributed by atoms with Crippen molar-refractivity contribution in [1.82, 2.24) is 15.1 Å². The summed E-state index contributed by atoms with van der Waals surface area (Å²) < 4.78 is 1.92. The summed E-state index contributed by atoms with van der Waals surface area (Å²) in [5.74, 6) is 6.04. The molecule has 0 aliphatic rings. The Labute approximate surface area is 102 Å². The molecule has 1 aromatic heterocycles. The maximum Gasteiger partial charge on any atom is 0.0882 e. The Kier molecular flexibility index (Phi) is 3.46. The zero-order valence-electron chi connectivity index (χ0n) is 10.5. The number of aryl methyl sites for hydroxylation is 1. The monoisotopic (exact) mass is 227 g/mol. The molecule has 0 radical (unpaired) electrons. The van der Waals surface area contributed by atoms with Crippen molar-refractivity contribution >= 4 is 10.9 Å². The molecule has 3 nitrogen and oxygen atoms in total. The van der Waals surface area contributed by atoms with Crippen molar-refractivity contribution < 1.29 is 0 Å². The fourth-order valence-electron chi connectivity index (χ4n) is 2.04. The number of hydrogen-bond acceptors (Lipinski definition) is 2. The van der Waals surface area contributed by atoms with Gasteiger partial charge in [-0.1, -0.05) is 18.2 Å². The predicted octanol–water partition coefficient (Wildman–Crippen LogP) is 2.25. The zero-order chi connectivity index (χ0) is 12.3. The van der Waals surface area contributed by atoms with Crippen LogP contribution >= 0.6 is 0 Å². The lowest BCUT2D eigenvalue weighted by atomic mass is 10.1. The normalized spacial score (nSPS) is 12.2. The van der Waals surface area contributed by atoms with Crippen LogP contribution in [0.2, 0.25) is 0 Å². The van der Waals surface area contributed by atoms with Crippen LogP contribution in [0.1, 0.15) is 25.1 Å². The average molecular weight is 227 g/mol. The van der Waals surface area contributed by atoms with Gasteiger partial charge < -0.3 is 5.32 Å². The van der Waals surface area contributed by atoms with Gasteiger partial charge in [-0.15, -0.1) is 11.8 Å². The Balaban J connectivity index is 2.48. The SMILES string of the molecule is CC#CCC(NC)c1nn(C)c2ccccc12. The van der Waals surface area contributed by atoms with E-state index >= 15 is 0 Å². The maximum atomic E-state index is 4.60. The molecule has 2 aromatic rings. The van der Waals surface area contributed by atoms with Crippen LogP contribution in [0.4, 0.5) is 0 Å². The quantitative estimate of drug-likeness (QED) is 0.815. The minimum Gasteiger partial charge on any atom is -0.311 e. The van der Waals surface area contributed by atoms with Crippen LogP contribution in [-0.2, 0) is 7.05 Å². The highest BCUT2D eigenvalue weighted by Crippen LogP contribution is 2.24. The van der Waals surface area contributed by atoms with Gasteiger partial charge in [0.2, 0.25) is 0 Å². The van der Waals surface area contributed by atoms with E-state index in [1.54, 1.807) is 0 Å². The molecule has 0 aliphatic carbocycles. The largest absolute Gasteiger partial charge is 0.311 e. The van der Waals surface area contributed by atoms with Crippen LogP contribution in [0.5, 0.6) is 0 Å². The van der Waals surface area contributed by atoms with Crippen LogP contribution < -0.4 is 5.32 Å². The van der Waals surface area contributed by atoms with Crippen molar-refractivity contribution in [2.75, 3.05) is 7.05 Å². The highest BCUT2D eigenvalue weighted by Gasteiger charge is 2.16. The second-order valence-corrected chi connectivity index (χ2v) is 4.00. The second kappa shape index (κ2) is 5.03. The molecule has 1 unspecified atom stereocenters. The van der Waals surface area contributed by atoms with Crippen LogP contribution in [0.3, 0.4) is 0 Å². The van der Waals surface area contributed by atoms with Gasteiger partial charge in [-0.25, -0.2) is 0 Å². The molecule has 1 N–H and O–H groups in total. The van der Waals surface area contributed by atoms with Gasteiger partial charge in [0.1, 0.15) is 0 Å². The molecule has 0 spiro atoms. The summed E-state index contributed by atoms with van der Waals surface area (Å²) in [6.45, 7) is 1.86. The third kappa shape index (κ3) is 2.17. The van der Waals surface area contributed by atoms with Gasteiger partial charge in [-0.2, -0.15) is 5.10 Å². The molecule has 0 fully saturated rings. The molecule has 17 heavy (non-hydrogen) atoms. The number of fused-ring (bicyclic) bond motifs is 1. The number of nitrogens with zero attached hydrogens (tertiary/aromatic N) is 2. The standard InChI is InChI=1S/C14H17N3/c1-4-5-9-12(15-2)14-11-8-6-7-10-13(11)17(3)16-14/h6-8,10,12,15H,9H2,1-3H3. The molecule has 1 atom stereocenters. The number of hydrogen-bond donors (Lipinski definition) is 1. The molecule has 3 heteroatoms. The molecule has 2 rings (SSSR count). The number of rotatable bonds is 3. The summed E-state index contributed by atoms with van der Waals surface area (Å²) in [5.41, 5.74) is 2.24. The first-order valence-corrected chi connectivity index (χ1v) is 5.76. The van der Waals surface area contributed by atoms with Crippen LogP contribution in [0.15, 0.2) is 24.3 Å². The lowest BCUT2D eigenvalue weighted by molar-refractivity contribution is 0.583. The molecule has 0 bridgehead atoms. The summed E-state index contributed by atoms with van der Waals surface area (Å²) in [4.78, 5) is 0. The first-order valence-electron chi connectivity index (χ1n) is 5.76. The molecule has 1 heterocycles. The van der Waals surface area contributed by atoms with E-state index in [-0.39, 0.29) is 6.04 Å². The summed E-state index contributed by atoms with van der Waals surface area (Å²) in [5, 5.41) is 9.08. The summed E-state index contributed by atoms with van der Waals surface area (Å²) >= 11 is 0. The second-order valence-electron chi connectivity index (χ2n) is 4.00. The zero-order valence-corrected chi connectivity index (χ0v) is 10.5. The fourth-order valence-corrected chi connectivity index (χ4v) is 2.04. The predicted molar refractivity (Wildman–Crippen MR) is 70.6 cm³/mol. The van der Waals surface area contributed by atoms with E-state index < -0.39 is 0 Å². The van der Waals surface area contributed by atoms with E-state index in [9.17, 15) is 0 Å². The van der Waals surface area contributed by atoms with E-state index in [4.69, 9.17) is 0 Å². The Morgan fingerprint density at radius 1 is 1.41 bits per heavy atom. The Morgan fingerprint density at radius 2 is 2.18 bits per heavy atom. The van der Waals surface area contributed by atoms with Crippen molar-refractivity contribution in [2.45, 2.75) is 19.4 Å². The first-order chi connectivity index (χ1) is 8.27. The van der Waals surface area contributed by atoms with Crippen LogP contribution in [0, 0.1) is 11.8 Å². The number of benzene rings is 1. The Bertz CT molecular complexity index is 572. The van der Waals surface area contributed by atoms with Gasteiger partial charge in [-0.05, 0) is 20.0 Å². The molecule has 88 valence electrons. The van der Waals surface area contributed by atoms with Gasteiger partial charge >= 0.3 is 0 Å². The Hall–Kier alpha value is -1.79. The van der Waals surface area contributed by atoms with Crippen molar-refractivity contribution in [3.8, 4) is 11.8 Å². The van der Waals surface area contributed by atoms with Gasteiger partial charge in [0.25, 0.3) is 0 Å². The van der Waals surface area contributed by atoms with E-state index in [0.29, 0.717) is 0 Å². The third-order valence-corrected chi connectivity index (χ3v) is 2.95. The van der Waals surface area contributed by atoms with Crippen LogP contribution in [0.25, 0.3) is 10.9 Å². The van der Waals surface area contributed by atoms with Crippen LogP contribution in [-0.4, -0.2) is 16.8 Å². The Morgan fingerprint density at radius 3 is 2.88 bits per heavy atom. The molecule has 0 aliphatic heterocycles. The highest BCUT2D eigenvalue weighted by molar-refractivity contribution is 5.82. The van der Waals surface area contributed by atoms with Crippen molar-refractivity contribution in [2.24, 2.45) is 7.05 Å². The highest BCUT2D eigenvalue weighted by atomic mass is 15.3. The van der Waals surface area contributed by atoms with Gasteiger partial charge in [0, 0.05) is 18.9 Å². The molecule has 0 saturated carbocycles. The third-order valence-electron chi connectivity index (χ3n) is 2.95. The summed E-state index contributed by atoms with van der Waals surface area (Å²) in [6, 6.07) is 8.47. The summed E-state index contributed by atoms with van der Waals surface area (Å²) in [6.07, 6.45) is 0.786. The number of para-hydroxylation sites is 1.